The Morgan fingerprint density at radius 2 is 1.93 bits per heavy atom. The van der Waals surface area contributed by atoms with Gasteiger partial charge in [0.1, 0.15) is 18.2 Å². The zero-order chi connectivity index (χ0) is 19.2. The van der Waals surface area contributed by atoms with Crippen LogP contribution in [0.1, 0.15) is 26.3 Å². The molecule has 3 N–H and O–H groups in total. The summed E-state index contributed by atoms with van der Waals surface area (Å²) in [5.74, 6) is -1.28. The van der Waals surface area contributed by atoms with E-state index in [1.54, 1.807) is 0 Å². The fourth-order valence-corrected chi connectivity index (χ4v) is 2.18. The van der Waals surface area contributed by atoms with Crippen LogP contribution in [0.5, 0.6) is 5.75 Å². The highest BCUT2D eigenvalue weighted by Crippen LogP contribution is 2.19. The van der Waals surface area contributed by atoms with Crippen LogP contribution in [0.2, 0.25) is 0 Å². The van der Waals surface area contributed by atoms with E-state index in [9.17, 15) is 14.0 Å². The van der Waals surface area contributed by atoms with Gasteiger partial charge in [0.05, 0.1) is 29.7 Å². The molecule has 1 aromatic carbocycles. The molecule has 0 saturated heterocycles. The van der Waals surface area contributed by atoms with Crippen molar-refractivity contribution in [2.24, 2.45) is 5.73 Å². The predicted octanol–water partition coefficient (Wildman–Crippen LogP) is 1.94. The number of aromatic nitrogens is 3. The number of halogens is 1. The van der Waals surface area contributed by atoms with Crippen LogP contribution in [-0.4, -0.2) is 27.0 Å². The quantitative estimate of drug-likeness (QED) is 0.687. The number of anilines is 1. The van der Waals surface area contributed by atoms with E-state index in [1.165, 1.54) is 55.1 Å². The van der Waals surface area contributed by atoms with E-state index in [1.807, 2.05) is 0 Å². The van der Waals surface area contributed by atoms with Crippen LogP contribution in [-0.2, 0) is 6.61 Å². The van der Waals surface area contributed by atoms with Gasteiger partial charge in [-0.15, -0.1) is 0 Å². The van der Waals surface area contributed by atoms with Gasteiger partial charge in [0.2, 0.25) is 5.91 Å². The molecule has 136 valence electrons. The van der Waals surface area contributed by atoms with Gasteiger partial charge in [0, 0.05) is 17.4 Å². The summed E-state index contributed by atoms with van der Waals surface area (Å²) in [6.45, 7) is -0.129. The highest BCUT2D eigenvalue weighted by atomic mass is 19.1. The molecule has 0 aliphatic rings. The molecule has 0 aliphatic carbocycles. The number of carbonyl (C=O) groups is 2. The van der Waals surface area contributed by atoms with E-state index in [-0.39, 0.29) is 23.5 Å². The molecule has 0 unspecified atom stereocenters. The Morgan fingerprint density at radius 1 is 1.07 bits per heavy atom. The molecule has 0 fully saturated rings. The van der Waals surface area contributed by atoms with Gasteiger partial charge in [-0.05, 0) is 30.3 Å². The second-order valence-corrected chi connectivity index (χ2v) is 5.45. The topological polar surface area (TPSA) is 120 Å². The second kappa shape index (κ2) is 8.00. The molecule has 0 aliphatic heterocycles. The number of ether oxygens (including phenoxy) is 1. The van der Waals surface area contributed by atoms with E-state index >= 15 is 0 Å². The van der Waals surface area contributed by atoms with Gasteiger partial charge in [-0.1, -0.05) is 0 Å². The predicted molar refractivity (Wildman–Crippen MR) is 93.5 cm³/mol. The van der Waals surface area contributed by atoms with Crippen molar-refractivity contribution in [2.75, 3.05) is 5.32 Å². The minimum atomic E-state index is -0.644. The first kappa shape index (κ1) is 17.9. The highest BCUT2D eigenvalue weighted by molar-refractivity contribution is 6.04. The number of rotatable bonds is 6. The molecule has 3 rings (SSSR count). The van der Waals surface area contributed by atoms with Crippen LogP contribution in [0, 0.1) is 5.82 Å². The normalized spacial score (nSPS) is 10.3. The van der Waals surface area contributed by atoms with Crippen molar-refractivity contribution in [3.8, 4) is 5.75 Å². The molecule has 3 aromatic rings. The zero-order valence-corrected chi connectivity index (χ0v) is 13.9. The molecule has 8 nitrogen and oxygen atoms in total. The molecule has 0 spiro atoms. The minimum absolute atomic E-state index is 0.129. The lowest BCUT2D eigenvalue weighted by molar-refractivity contribution is 0.0996. The zero-order valence-electron chi connectivity index (χ0n) is 13.9. The first-order valence-corrected chi connectivity index (χ1v) is 7.77. The molecular formula is C18H14FN5O3. The number of hydrogen-bond acceptors (Lipinski definition) is 6. The Bertz CT molecular complexity index is 982. The number of nitrogens with two attached hydrogens (primary N) is 1. The molecule has 0 bridgehead atoms. The van der Waals surface area contributed by atoms with Crippen LogP contribution < -0.4 is 15.8 Å². The summed E-state index contributed by atoms with van der Waals surface area (Å²) in [7, 11) is 0. The third kappa shape index (κ3) is 4.60. The molecule has 9 heteroatoms. The maximum Gasteiger partial charge on any atom is 0.257 e. The molecule has 2 heterocycles. The maximum atomic E-state index is 14.0. The number of nitrogens with zero attached hydrogens (tertiary/aromatic N) is 3. The number of pyridine rings is 1. The minimum Gasteiger partial charge on any atom is -0.487 e. The van der Waals surface area contributed by atoms with Crippen molar-refractivity contribution in [2.45, 2.75) is 6.61 Å². The van der Waals surface area contributed by atoms with Crippen molar-refractivity contribution in [3.05, 3.63) is 77.6 Å². The third-order valence-corrected chi connectivity index (χ3v) is 3.54. The van der Waals surface area contributed by atoms with E-state index in [4.69, 9.17) is 10.5 Å². The smallest absolute Gasteiger partial charge is 0.257 e. The largest absolute Gasteiger partial charge is 0.487 e. The number of carbonyl (C=O) groups excluding carboxylic acids is 2. The van der Waals surface area contributed by atoms with Crippen molar-refractivity contribution in [1.82, 2.24) is 15.2 Å². The number of nitrogens with one attached hydrogen (secondary N) is 1. The first-order chi connectivity index (χ1) is 13.0. The van der Waals surface area contributed by atoms with Gasteiger partial charge in [-0.25, -0.2) is 4.39 Å². The van der Waals surface area contributed by atoms with Crippen molar-refractivity contribution >= 4 is 17.5 Å². The summed E-state index contributed by atoms with van der Waals surface area (Å²) in [4.78, 5) is 27.1. The van der Waals surface area contributed by atoms with Gasteiger partial charge in [0.15, 0.2) is 0 Å². The van der Waals surface area contributed by atoms with Crippen LogP contribution in [0.3, 0.4) is 0 Å². The van der Waals surface area contributed by atoms with E-state index in [2.05, 4.69) is 20.5 Å². The SMILES string of the molecule is NC(=O)c1cncc(OCc2cc(NC(=O)c3ccnnc3)ccc2F)c1. The Morgan fingerprint density at radius 3 is 2.67 bits per heavy atom. The summed E-state index contributed by atoms with van der Waals surface area (Å²) in [6, 6.07) is 7.02. The molecule has 2 amide bonds. The average molecular weight is 367 g/mol. The standard InChI is InChI=1S/C18H14FN5O3/c19-16-2-1-14(24-18(26)11-3-4-22-23-8-11)5-13(16)10-27-15-6-12(17(20)25)7-21-9-15/h1-9H,10H2,(H2,20,25)(H,24,26). The van der Waals surface area contributed by atoms with Gasteiger partial charge >= 0.3 is 0 Å². The monoisotopic (exact) mass is 367 g/mol. The Hall–Kier alpha value is -3.88. The fraction of sp³-hybridized carbons (Fsp3) is 0.0556. The fourth-order valence-electron chi connectivity index (χ4n) is 2.18. The number of hydrogen-bond donors (Lipinski definition) is 2. The summed E-state index contributed by atoms with van der Waals surface area (Å²) in [6.07, 6.45) is 5.40. The van der Waals surface area contributed by atoms with E-state index in [0.29, 0.717) is 11.3 Å². The van der Waals surface area contributed by atoms with E-state index in [0.717, 1.165) is 0 Å². The van der Waals surface area contributed by atoms with Gasteiger partial charge in [-0.2, -0.15) is 10.2 Å². The Balaban J connectivity index is 1.71. The van der Waals surface area contributed by atoms with Crippen molar-refractivity contribution in [1.29, 1.82) is 0 Å². The second-order valence-electron chi connectivity index (χ2n) is 5.45. The molecule has 0 radical (unpaired) electrons. The van der Waals surface area contributed by atoms with Gasteiger partial charge in [0.25, 0.3) is 5.91 Å². The third-order valence-electron chi connectivity index (χ3n) is 3.54. The molecule has 27 heavy (non-hydrogen) atoms. The lowest BCUT2D eigenvalue weighted by Crippen LogP contribution is -2.13. The summed E-state index contributed by atoms with van der Waals surface area (Å²) >= 11 is 0. The summed E-state index contributed by atoms with van der Waals surface area (Å²) in [5, 5.41) is 9.88. The van der Waals surface area contributed by atoms with Crippen LogP contribution in [0.15, 0.2) is 55.1 Å². The average Bonchev–Trinajstić information content (AvgIpc) is 2.69. The van der Waals surface area contributed by atoms with Crippen LogP contribution >= 0.6 is 0 Å². The molecular weight excluding hydrogens is 353 g/mol. The first-order valence-electron chi connectivity index (χ1n) is 7.77. The lowest BCUT2D eigenvalue weighted by atomic mass is 10.2. The summed E-state index contributed by atoms with van der Waals surface area (Å²) in [5.41, 5.74) is 6.29. The lowest BCUT2D eigenvalue weighted by Gasteiger charge is -2.10. The van der Waals surface area contributed by atoms with Gasteiger partial charge in [-0.3, -0.25) is 14.6 Å². The Labute approximate surface area is 153 Å². The van der Waals surface area contributed by atoms with Crippen molar-refractivity contribution in [3.63, 3.8) is 0 Å². The molecule has 2 aromatic heterocycles. The van der Waals surface area contributed by atoms with E-state index < -0.39 is 17.6 Å². The molecule has 0 saturated carbocycles. The van der Waals surface area contributed by atoms with Crippen molar-refractivity contribution < 1.29 is 18.7 Å². The van der Waals surface area contributed by atoms with Crippen LogP contribution in [0.4, 0.5) is 10.1 Å². The van der Waals surface area contributed by atoms with Gasteiger partial charge < -0.3 is 15.8 Å². The number of benzene rings is 1. The number of primary amides is 1. The maximum absolute atomic E-state index is 14.0. The highest BCUT2D eigenvalue weighted by Gasteiger charge is 2.10. The van der Waals surface area contributed by atoms with Crippen LogP contribution in [0.25, 0.3) is 0 Å². The molecule has 0 atom stereocenters. The number of amides is 2. The Kier molecular flexibility index (Phi) is 5.31. The summed E-state index contributed by atoms with van der Waals surface area (Å²) < 4.78 is 19.5.